The summed E-state index contributed by atoms with van der Waals surface area (Å²) in [6.45, 7) is 6.50. The molecule has 0 radical (unpaired) electrons. The Morgan fingerprint density at radius 3 is 2.48 bits per heavy atom. The molecule has 3 aromatic rings. The Morgan fingerprint density at radius 1 is 1.03 bits per heavy atom. The van der Waals surface area contributed by atoms with Gasteiger partial charge in [-0.15, -0.1) is 0 Å². The van der Waals surface area contributed by atoms with Crippen LogP contribution in [0.2, 0.25) is 5.02 Å². The Labute approximate surface area is 193 Å². The molecular weight excluding hydrogens is 432 g/mol. The fourth-order valence-electron chi connectivity index (χ4n) is 3.04. The maximum absolute atomic E-state index is 5.93. The Bertz CT molecular complexity index is 991. The van der Waals surface area contributed by atoms with Gasteiger partial charge in [0, 0.05) is 17.8 Å². The maximum atomic E-state index is 5.93. The van der Waals surface area contributed by atoms with Crippen LogP contribution >= 0.6 is 23.8 Å². The van der Waals surface area contributed by atoms with Crippen LogP contribution in [0.1, 0.15) is 25.0 Å². The second-order valence-corrected chi connectivity index (χ2v) is 7.68. The molecular formula is C23H27ClN4O2S. The van der Waals surface area contributed by atoms with Crippen molar-refractivity contribution in [1.82, 2.24) is 15.1 Å². The highest BCUT2D eigenvalue weighted by atomic mass is 35.5. The molecule has 0 fully saturated rings. The summed E-state index contributed by atoms with van der Waals surface area (Å²) in [5.41, 5.74) is 3.12. The van der Waals surface area contributed by atoms with Crippen LogP contribution in [0.5, 0.6) is 11.5 Å². The number of benzene rings is 2. The van der Waals surface area contributed by atoms with Crippen LogP contribution in [-0.4, -0.2) is 34.7 Å². The predicted octanol–water partition coefficient (Wildman–Crippen LogP) is 4.91. The zero-order valence-corrected chi connectivity index (χ0v) is 19.3. The highest BCUT2D eigenvalue weighted by Gasteiger charge is 2.07. The van der Waals surface area contributed by atoms with Gasteiger partial charge in [-0.2, -0.15) is 5.10 Å². The molecule has 2 N–H and O–H groups in total. The van der Waals surface area contributed by atoms with E-state index in [9.17, 15) is 0 Å². The Kier molecular flexibility index (Phi) is 8.55. The zero-order valence-electron chi connectivity index (χ0n) is 17.7. The number of nitrogens with zero attached hydrogens (tertiary/aromatic N) is 2. The molecule has 0 saturated carbocycles. The molecule has 2 aromatic carbocycles. The van der Waals surface area contributed by atoms with E-state index >= 15 is 0 Å². The number of aromatic nitrogens is 2. The lowest BCUT2D eigenvalue weighted by Gasteiger charge is -2.13. The first-order valence-electron chi connectivity index (χ1n) is 10.3. The van der Waals surface area contributed by atoms with Crippen molar-refractivity contribution >= 4 is 34.6 Å². The van der Waals surface area contributed by atoms with Crippen LogP contribution in [0.4, 0.5) is 5.69 Å². The van der Waals surface area contributed by atoms with Gasteiger partial charge in [0.05, 0.1) is 31.6 Å². The molecule has 1 aromatic heterocycles. The molecule has 3 rings (SSSR count). The molecule has 0 atom stereocenters. The zero-order chi connectivity index (χ0) is 22.1. The van der Waals surface area contributed by atoms with Crippen molar-refractivity contribution in [1.29, 1.82) is 0 Å². The molecule has 0 spiro atoms. The largest absolute Gasteiger partial charge is 0.490 e. The number of thiocarbonyl (C=S) groups is 1. The van der Waals surface area contributed by atoms with Crippen molar-refractivity contribution in [2.24, 2.45) is 0 Å². The van der Waals surface area contributed by atoms with Crippen LogP contribution in [0, 0.1) is 0 Å². The minimum absolute atomic E-state index is 0.557. The van der Waals surface area contributed by atoms with Crippen LogP contribution in [-0.2, 0) is 13.0 Å². The Morgan fingerprint density at radius 2 is 1.74 bits per heavy atom. The summed E-state index contributed by atoms with van der Waals surface area (Å²) >= 11 is 11.3. The van der Waals surface area contributed by atoms with E-state index in [1.54, 1.807) is 6.20 Å². The molecule has 0 unspecified atom stereocenters. The molecule has 1 heterocycles. The van der Waals surface area contributed by atoms with Gasteiger partial charge in [-0.25, -0.2) is 0 Å². The molecule has 164 valence electrons. The average molecular weight is 459 g/mol. The van der Waals surface area contributed by atoms with Gasteiger partial charge in [0.1, 0.15) is 0 Å². The van der Waals surface area contributed by atoms with Gasteiger partial charge in [0.25, 0.3) is 0 Å². The van der Waals surface area contributed by atoms with Crippen LogP contribution < -0.4 is 20.1 Å². The number of halogens is 1. The number of ether oxygens (including phenoxy) is 2. The van der Waals surface area contributed by atoms with Crippen molar-refractivity contribution in [3.05, 3.63) is 71.0 Å². The molecule has 0 aliphatic carbocycles. The number of anilines is 1. The second kappa shape index (κ2) is 11.6. The summed E-state index contributed by atoms with van der Waals surface area (Å²) in [7, 11) is 0. The molecule has 0 bridgehead atoms. The molecule has 0 saturated heterocycles. The van der Waals surface area contributed by atoms with E-state index in [0.717, 1.165) is 39.8 Å². The van der Waals surface area contributed by atoms with Gasteiger partial charge in [-0.05, 0) is 67.9 Å². The van der Waals surface area contributed by atoms with Gasteiger partial charge in [0.15, 0.2) is 16.6 Å². The molecule has 8 heteroatoms. The van der Waals surface area contributed by atoms with Gasteiger partial charge >= 0.3 is 0 Å². The lowest BCUT2D eigenvalue weighted by atomic mass is 10.1. The maximum Gasteiger partial charge on any atom is 0.170 e. The fraction of sp³-hybridized carbons (Fsp3) is 0.304. The average Bonchev–Trinajstić information content (AvgIpc) is 3.18. The first-order chi connectivity index (χ1) is 15.1. The number of hydrogen-bond donors (Lipinski definition) is 2. The summed E-state index contributed by atoms with van der Waals surface area (Å²) in [4.78, 5) is 0. The topological polar surface area (TPSA) is 60.3 Å². The van der Waals surface area contributed by atoms with Crippen LogP contribution in [0.15, 0.2) is 54.9 Å². The third-order valence-electron chi connectivity index (χ3n) is 4.46. The van der Waals surface area contributed by atoms with E-state index in [0.29, 0.717) is 31.4 Å². The Balaban J connectivity index is 1.47. The van der Waals surface area contributed by atoms with Gasteiger partial charge < -0.3 is 20.1 Å². The number of nitrogens with one attached hydrogen (secondary N) is 2. The van der Waals surface area contributed by atoms with Crippen molar-refractivity contribution in [3.63, 3.8) is 0 Å². The Hall–Kier alpha value is -2.77. The lowest BCUT2D eigenvalue weighted by molar-refractivity contribution is 0.287. The highest BCUT2D eigenvalue weighted by Crippen LogP contribution is 2.28. The summed E-state index contributed by atoms with van der Waals surface area (Å²) in [6, 6.07) is 13.7. The molecule has 31 heavy (non-hydrogen) atoms. The molecule has 6 nitrogen and oxygen atoms in total. The third kappa shape index (κ3) is 7.15. The second-order valence-electron chi connectivity index (χ2n) is 6.83. The van der Waals surface area contributed by atoms with E-state index in [4.69, 9.17) is 33.3 Å². The van der Waals surface area contributed by atoms with Crippen molar-refractivity contribution < 1.29 is 9.47 Å². The van der Waals surface area contributed by atoms with Crippen molar-refractivity contribution in [2.45, 2.75) is 26.8 Å². The van der Waals surface area contributed by atoms with E-state index in [-0.39, 0.29) is 0 Å². The first kappa shape index (κ1) is 22.9. The van der Waals surface area contributed by atoms with Gasteiger partial charge in [-0.3, -0.25) is 4.68 Å². The van der Waals surface area contributed by atoms with Crippen molar-refractivity contribution in [2.75, 3.05) is 25.1 Å². The van der Waals surface area contributed by atoms with Crippen LogP contribution in [0.25, 0.3) is 0 Å². The van der Waals surface area contributed by atoms with Gasteiger partial charge in [0.2, 0.25) is 0 Å². The summed E-state index contributed by atoms with van der Waals surface area (Å²) in [5, 5.41) is 12.1. The van der Waals surface area contributed by atoms with E-state index in [1.165, 1.54) is 0 Å². The molecule has 0 aliphatic rings. The number of hydrogen-bond acceptors (Lipinski definition) is 4. The van der Waals surface area contributed by atoms with Gasteiger partial charge in [-0.1, -0.05) is 29.8 Å². The van der Waals surface area contributed by atoms with E-state index in [2.05, 4.69) is 15.7 Å². The highest BCUT2D eigenvalue weighted by molar-refractivity contribution is 7.80. The lowest BCUT2D eigenvalue weighted by Crippen LogP contribution is -2.30. The van der Waals surface area contributed by atoms with Crippen molar-refractivity contribution in [3.8, 4) is 11.5 Å². The SMILES string of the molecule is CCOc1ccc(CCNC(=S)Nc2cnn(Cc3ccc(Cl)cc3)c2)cc1OCC. The third-order valence-corrected chi connectivity index (χ3v) is 4.95. The quantitative estimate of drug-likeness (QED) is 0.421. The first-order valence-corrected chi connectivity index (χ1v) is 11.1. The van der Waals surface area contributed by atoms with Crippen LogP contribution in [0.3, 0.4) is 0 Å². The molecule has 0 aliphatic heterocycles. The smallest absolute Gasteiger partial charge is 0.170 e. The summed E-state index contributed by atoms with van der Waals surface area (Å²) < 4.78 is 13.2. The summed E-state index contributed by atoms with van der Waals surface area (Å²) in [6.07, 6.45) is 4.48. The minimum Gasteiger partial charge on any atom is -0.490 e. The predicted molar refractivity (Wildman–Crippen MR) is 129 cm³/mol. The van der Waals surface area contributed by atoms with E-state index < -0.39 is 0 Å². The minimum atomic E-state index is 0.557. The normalized spacial score (nSPS) is 10.5. The monoisotopic (exact) mass is 458 g/mol. The molecule has 0 amide bonds. The van der Waals surface area contributed by atoms with E-state index in [1.807, 2.05) is 67.2 Å². The summed E-state index contributed by atoms with van der Waals surface area (Å²) in [5.74, 6) is 1.55. The standard InChI is InChI=1S/C23H27ClN4O2S/c1-3-29-21-10-7-17(13-22(21)30-4-2)11-12-25-23(31)27-20-14-26-28(16-20)15-18-5-8-19(24)9-6-18/h5-10,13-14,16H,3-4,11-12,15H2,1-2H3,(H2,25,27,31). The number of rotatable bonds is 10. The fourth-order valence-corrected chi connectivity index (χ4v) is 3.38.